The Morgan fingerprint density at radius 2 is 2.27 bits per heavy atom. The lowest BCUT2D eigenvalue weighted by molar-refractivity contribution is 0.414. The molecule has 0 N–H and O–H groups in total. The Morgan fingerprint density at radius 3 is 2.82 bits per heavy atom. The average Bonchev–Trinajstić information content (AvgIpc) is 2.05. The predicted molar refractivity (Wildman–Crippen MR) is 42.2 cm³/mol. The number of rotatable bonds is 1. The van der Waals surface area contributed by atoms with Crippen molar-refractivity contribution in [1.29, 1.82) is 5.26 Å². The minimum atomic E-state index is 0.560. The minimum absolute atomic E-state index is 0.560. The SMILES string of the molecule is [CH2]c1ccc(OC)cc1C#N. The van der Waals surface area contributed by atoms with E-state index >= 15 is 0 Å². The van der Waals surface area contributed by atoms with Gasteiger partial charge in [-0.15, -0.1) is 0 Å². The van der Waals surface area contributed by atoms with Crippen molar-refractivity contribution in [2.24, 2.45) is 0 Å². The molecular weight excluding hydrogens is 138 g/mol. The van der Waals surface area contributed by atoms with Crippen molar-refractivity contribution in [3.8, 4) is 11.8 Å². The van der Waals surface area contributed by atoms with Crippen LogP contribution >= 0.6 is 0 Å². The fourth-order valence-electron chi connectivity index (χ4n) is 0.787. The van der Waals surface area contributed by atoms with Crippen LogP contribution in [-0.2, 0) is 0 Å². The summed E-state index contributed by atoms with van der Waals surface area (Å²) in [6.07, 6.45) is 0. The van der Waals surface area contributed by atoms with Crippen molar-refractivity contribution in [1.82, 2.24) is 0 Å². The van der Waals surface area contributed by atoms with Crippen LogP contribution in [0.25, 0.3) is 0 Å². The first-order valence-electron chi connectivity index (χ1n) is 3.18. The van der Waals surface area contributed by atoms with Crippen LogP contribution in [0.15, 0.2) is 18.2 Å². The highest BCUT2D eigenvalue weighted by Crippen LogP contribution is 2.15. The van der Waals surface area contributed by atoms with E-state index in [9.17, 15) is 0 Å². The van der Waals surface area contributed by atoms with Gasteiger partial charge in [-0.1, -0.05) is 6.07 Å². The van der Waals surface area contributed by atoms with Gasteiger partial charge in [0.2, 0.25) is 0 Å². The Hall–Kier alpha value is -1.49. The maximum Gasteiger partial charge on any atom is 0.120 e. The molecular formula is C9H8NO. The Morgan fingerprint density at radius 1 is 1.55 bits per heavy atom. The molecule has 0 aliphatic heterocycles. The van der Waals surface area contributed by atoms with E-state index in [2.05, 4.69) is 6.92 Å². The van der Waals surface area contributed by atoms with Crippen molar-refractivity contribution >= 4 is 0 Å². The number of nitriles is 1. The predicted octanol–water partition coefficient (Wildman–Crippen LogP) is 1.75. The van der Waals surface area contributed by atoms with Crippen LogP contribution in [0.5, 0.6) is 5.75 Å². The van der Waals surface area contributed by atoms with E-state index in [0.717, 1.165) is 5.56 Å². The Labute approximate surface area is 66.0 Å². The summed E-state index contributed by atoms with van der Waals surface area (Å²) < 4.78 is 4.93. The number of methoxy groups -OCH3 is 1. The number of nitrogens with zero attached hydrogens (tertiary/aromatic N) is 1. The molecule has 1 radical (unpaired) electrons. The third-order valence-electron chi connectivity index (χ3n) is 1.44. The summed E-state index contributed by atoms with van der Waals surface area (Å²) in [5.74, 6) is 0.689. The zero-order chi connectivity index (χ0) is 8.27. The number of hydrogen-bond donors (Lipinski definition) is 0. The zero-order valence-corrected chi connectivity index (χ0v) is 6.29. The molecule has 0 aliphatic rings. The average molecular weight is 146 g/mol. The Bertz CT molecular complexity index is 299. The van der Waals surface area contributed by atoms with Gasteiger partial charge in [0.05, 0.1) is 18.7 Å². The summed E-state index contributed by atoms with van der Waals surface area (Å²) >= 11 is 0. The molecule has 0 fully saturated rings. The molecule has 0 heterocycles. The smallest absolute Gasteiger partial charge is 0.120 e. The van der Waals surface area contributed by atoms with Gasteiger partial charge in [-0.2, -0.15) is 5.26 Å². The molecule has 0 saturated carbocycles. The molecule has 1 rings (SSSR count). The van der Waals surface area contributed by atoms with E-state index < -0.39 is 0 Å². The molecule has 11 heavy (non-hydrogen) atoms. The van der Waals surface area contributed by atoms with Gasteiger partial charge >= 0.3 is 0 Å². The molecule has 55 valence electrons. The summed E-state index contributed by atoms with van der Waals surface area (Å²) in [6, 6.07) is 7.24. The van der Waals surface area contributed by atoms with Crippen molar-refractivity contribution in [3.05, 3.63) is 36.2 Å². The molecule has 0 aliphatic carbocycles. The summed E-state index contributed by atoms with van der Waals surface area (Å²) in [5, 5.41) is 8.59. The molecule has 0 bridgehead atoms. The normalized spacial score (nSPS) is 8.82. The van der Waals surface area contributed by atoms with Gasteiger partial charge in [0, 0.05) is 0 Å². The summed E-state index contributed by atoms with van der Waals surface area (Å²) in [6.45, 7) is 3.69. The highest BCUT2D eigenvalue weighted by molar-refractivity contribution is 5.44. The number of benzene rings is 1. The Balaban J connectivity index is 3.15. The van der Waals surface area contributed by atoms with Crippen LogP contribution in [0.3, 0.4) is 0 Å². The summed E-state index contributed by atoms with van der Waals surface area (Å²) in [7, 11) is 1.57. The molecule has 0 unspecified atom stereocenters. The molecule has 1 aromatic rings. The third kappa shape index (κ3) is 1.50. The van der Waals surface area contributed by atoms with Gasteiger partial charge in [-0.05, 0) is 24.6 Å². The fourth-order valence-corrected chi connectivity index (χ4v) is 0.787. The van der Waals surface area contributed by atoms with Crippen LogP contribution in [-0.4, -0.2) is 7.11 Å². The van der Waals surface area contributed by atoms with Gasteiger partial charge in [-0.3, -0.25) is 0 Å². The quantitative estimate of drug-likeness (QED) is 0.604. The van der Waals surface area contributed by atoms with E-state index in [1.807, 2.05) is 6.07 Å². The van der Waals surface area contributed by atoms with Crippen molar-refractivity contribution in [3.63, 3.8) is 0 Å². The highest BCUT2D eigenvalue weighted by atomic mass is 16.5. The van der Waals surface area contributed by atoms with E-state index in [0.29, 0.717) is 11.3 Å². The minimum Gasteiger partial charge on any atom is -0.497 e. The van der Waals surface area contributed by atoms with Crippen molar-refractivity contribution < 1.29 is 4.74 Å². The second-order valence-corrected chi connectivity index (χ2v) is 2.13. The van der Waals surface area contributed by atoms with E-state index in [-0.39, 0.29) is 0 Å². The lowest BCUT2D eigenvalue weighted by atomic mass is 10.1. The summed E-state index contributed by atoms with van der Waals surface area (Å²) in [5.41, 5.74) is 1.29. The van der Waals surface area contributed by atoms with Gasteiger partial charge in [0.25, 0.3) is 0 Å². The molecule has 0 spiro atoms. The zero-order valence-electron chi connectivity index (χ0n) is 6.29. The van der Waals surface area contributed by atoms with Crippen LogP contribution in [0.1, 0.15) is 11.1 Å². The first-order chi connectivity index (χ1) is 5.27. The molecule has 0 saturated heterocycles. The molecule has 1 aromatic carbocycles. The van der Waals surface area contributed by atoms with Gasteiger partial charge in [0.1, 0.15) is 5.75 Å². The van der Waals surface area contributed by atoms with Crippen LogP contribution in [0, 0.1) is 18.3 Å². The summed E-state index contributed by atoms with van der Waals surface area (Å²) in [4.78, 5) is 0. The molecule has 0 amide bonds. The highest BCUT2D eigenvalue weighted by Gasteiger charge is 1.97. The van der Waals surface area contributed by atoms with Crippen LogP contribution in [0.2, 0.25) is 0 Å². The first kappa shape index (κ1) is 7.62. The molecule has 0 atom stereocenters. The van der Waals surface area contributed by atoms with Crippen molar-refractivity contribution in [2.75, 3.05) is 7.11 Å². The van der Waals surface area contributed by atoms with E-state index in [4.69, 9.17) is 10.00 Å². The van der Waals surface area contributed by atoms with Crippen LogP contribution < -0.4 is 4.74 Å². The largest absolute Gasteiger partial charge is 0.497 e. The molecule has 2 heteroatoms. The lowest BCUT2D eigenvalue weighted by Crippen LogP contribution is -1.86. The lowest BCUT2D eigenvalue weighted by Gasteiger charge is -2.00. The van der Waals surface area contributed by atoms with E-state index in [1.165, 1.54) is 0 Å². The molecule has 0 aromatic heterocycles. The second kappa shape index (κ2) is 3.07. The van der Waals surface area contributed by atoms with Gasteiger partial charge < -0.3 is 4.74 Å². The first-order valence-corrected chi connectivity index (χ1v) is 3.18. The third-order valence-corrected chi connectivity index (χ3v) is 1.44. The second-order valence-electron chi connectivity index (χ2n) is 2.13. The van der Waals surface area contributed by atoms with Gasteiger partial charge in [-0.25, -0.2) is 0 Å². The molecule has 2 nitrogen and oxygen atoms in total. The maximum absolute atomic E-state index is 8.59. The standard InChI is InChI=1S/C9H8NO/c1-7-3-4-9(11-2)5-8(7)6-10/h3-5H,1H2,2H3. The van der Waals surface area contributed by atoms with Gasteiger partial charge in [0.15, 0.2) is 0 Å². The number of ether oxygens (including phenoxy) is 1. The number of hydrogen-bond acceptors (Lipinski definition) is 2. The van der Waals surface area contributed by atoms with Crippen molar-refractivity contribution in [2.45, 2.75) is 0 Å². The van der Waals surface area contributed by atoms with E-state index in [1.54, 1.807) is 25.3 Å². The Kier molecular flexibility index (Phi) is 2.12. The maximum atomic E-state index is 8.59. The monoisotopic (exact) mass is 146 g/mol. The topological polar surface area (TPSA) is 33.0 Å². The fraction of sp³-hybridized carbons (Fsp3) is 0.111. The van der Waals surface area contributed by atoms with Crippen LogP contribution in [0.4, 0.5) is 0 Å².